The molecule has 0 amide bonds. The van der Waals surface area contributed by atoms with Gasteiger partial charge in [0.25, 0.3) is 0 Å². The fraction of sp³-hybridized carbons (Fsp3) is 1.00. The van der Waals surface area contributed by atoms with Gasteiger partial charge in [0.15, 0.2) is 0 Å². The number of hydrogen-bond donors (Lipinski definition) is 2. The summed E-state index contributed by atoms with van der Waals surface area (Å²) in [5.74, 6) is 0. The third-order valence-corrected chi connectivity index (χ3v) is 1.19. The van der Waals surface area contributed by atoms with Crippen LogP contribution < -0.4 is 10.6 Å². The summed E-state index contributed by atoms with van der Waals surface area (Å²) in [4.78, 5) is 0. The molecule has 2 N–H and O–H groups in total. The van der Waals surface area contributed by atoms with Crippen molar-refractivity contribution in [1.29, 1.82) is 0 Å². The normalized spacial score (nSPS) is 21.0. The molecule has 0 aromatic carbocycles. The lowest BCUT2D eigenvalue weighted by Crippen LogP contribution is -2.21. The first kappa shape index (κ1) is 8.21. The van der Waals surface area contributed by atoms with E-state index in [1.807, 2.05) is 0 Å². The Kier molecular flexibility index (Phi) is 5.49. The van der Waals surface area contributed by atoms with E-state index in [1.165, 1.54) is 19.5 Å². The molecule has 0 spiro atoms. The molecule has 0 saturated carbocycles. The van der Waals surface area contributed by atoms with Gasteiger partial charge in [-0.15, -0.1) is 12.4 Å². The highest BCUT2D eigenvalue weighted by Crippen LogP contribution is 1.75. The van der Waals surface area contributed by atoms with Gasteiger partial charge in [0.05, 0.1) is 0 Å². The van der Waals surface area contributed by atoms with E-state index in [0.29, 0.717) is 0 Å². The fourth-order valence-corrected chi connectivity index (χ4v) is 0.765. The Morgan fingerprint density at radius 2 is 1.25 bits per heavy atom. The van der Waals surface area contributed by atoms with Crippen LogP contribution in [-0.2, 0) is 0 Å². The van der Waals surface area contributed by atoms with Crippen LogP contribution in [0.2, 0.25) is 0 Å². The third kappa shape index (κ3) is 3.24. The fourth-order valence-electron chi connectivity index (χ4n) is 0.765. The summed E-state index contributed by atoms with van der Waals surface area (Å²) in [7, 11) is 0. The van der Waals surface area contributed by atoms with Crippen molar-refractivity contribution in [3.8, 4) is 0 Å². The highest BCUT2D eigenvalue weighted by Gasteiger charge is 1.92. The molecule has 1 heterocycles. The Morgan fingerprint density at radius 3 is 1.75 bits per heavy atom. The van der Waals surface area contributed by atoms with Crippen molar-refractivity contribution in [2.75, 3.05) is 26.2 Å². The van der Waals surface area contributed by atoms with Crippen molar-refractivity contribution in [2.45, 2.75) is 6.42 Å². The van der Waals surface area contributed by atoms with Gasteiger partial charge in [-0.3, -0.25) is 0 Å². The topological polar surface area (TPSA) is 24.1 Å². The van der Waals surface area contributed by atoms with E-state index in [4.69, 9.17) is 0 Å². The van der Waals surface area contributed by atoms with Crippen LogP contribution in [0.15, 0.2) is 0 Å². The predicted molar refractivity (Wildman–Crippen MR) is 37.6 cm³/mol. The Balaban J connectivity index is 0.000000490. The maximum Gasteiger partial charge on any atom is 0.00767 e. The van der Waals surface area contributed by atoms with E-state index in [0.717, 1.165) is 13.1 Å². The second-order valence-corrected chi connectivity index (χ2v) is 1.85. The standard InChI is InChI=1S/C5H12N2.ClH/c1-2-6-4-5-7-3-1;/h6-7H,1-5H2;1H. The Labute approximate surface area is 56.4 Å². The van der Waals surface area contributed by atoms with Gasteiger partial charge in [0, 0.05) is 13.1 Å². The predicted octanol–water partition coefficient (Wildman–Crippen LogP) is -0.00890. The molecule has 1 rings (SSSR count). The lowest BCUT2D eigenvalue weighted by molar-refractivity contribution is 0.718. The zero-order valence-corrected chi connectivity index (χ0v) is 5.76. The molecule has 50 valence electrons. The lowest BCUT2D eigenvalue weighted by Gasteiger charge is -1.92. The van der Waals surface area contributed by atoms with Crippen molar-refractivity contribution >= 4 is 12.4 Å². The summed E-state index contributed by atoms with van der Waals surface area (Å²) >= 11 is 0. The monoisotopic (exact) mass is 136 g/mol. The second-order valence-electron chi connectivity index (χ2n) is 1.85. The molecule has 0 unspecified atom stereocenters. The molecule has 0 bridgehead atoms. The smallest absolute Gasteiger partial charge is 0.00767 e. The van der Waals surface area contributed by atoms with Crippen LogP contribution in [-0.4, -0.2) is 26.2 Å². The van der Waals surface area contributed by atoms with Gasteiger partial charge in [-0.05, 0) is 19.5 Å². The number of rotatable bonds is 0. The molecule has 1 saturated heterocycles. The van der Waals surface area contributed by atoms with Crippen molar-refractivity contribution in [3.05, 3.63) is 0 Å². The molecule has 0 aromatic rings. The SMILES string of the molecule is C1CNCCNC1.Cl. The summed E-state index contributed by atoms with van der Waals surface area (Å²) in [5, 5.41) is 6.57. The molecule has 1 fully saturated rings. The molecular formula is C5H13ClN2. The summed E-state index contributed by atoms with van der Waals surface area (Å²) in [6, 6.07) is 0. The van der Waals surface area contributed by atoms with E-state index in [2.05, 4.69) is 10.6 Å². The second kappa shape index (κ2) is 5.35. The van der Waals surface area contributed by atoms with Crippen LogP contribution in [0.25, 0.3) is 0 Å². The molecule has 0 aromatic heterocycles. The maximum absolute atomic E-state index is 3.28. The van der Waals surface area contributed by atoms with Crippen molar-refractivity contribution in [1.82, 2.24) is 10.6 Å². The van der Waals surface area contributed by atoms with Gasteiger partial charge in [0.2, 0.25) is 0 Å². The first-order chi connectivity index (χ1) is 3.50. The van der Waals surface area contributed by atoms with Crippen LogP contribution in [0.4, 0.5) is 0 Å². The minimum absolute atomic E-state index is 0. The maximum atomic E-state index is 3.28. The molecule has 0 aliphatic carbocycles. The van der Waals surface area contributed by atoms with Gasteiger partial charge in [-0.2, -0.15) is 0 Å². The molecular weight excluding hydrogens is 124 g/mol. The van der Waals surface area contributed by atoms with Gasteiger partial charge in [-0.25, -0.2) is 0 Å². The average molecular weight is 137 g/mol. The lowest BCUT2D eigenvalue weighted by atomic mass is 10.4. The summed E-state index contributed by atoms with van der Waals surface area (Å²) in [5.41, 5.74) is 0. The largest absolute Gasteiger partial charge is 0.315 e. The van der Waals surface area contributed by atoms with E-state index >= 15 is 0 Å². The van der Waals surface area contributed by atoms with Crippen LogP contribution in [0.5, 0.6) is 0 Å². The zero-order valence-electron chi connectivity index (χ0n) is 4.94. The van der Waals surface area contributed by atoms with Gasteiger partial charge < -0.3 is 10.6 Å². The number of halogens is 1. The number of nitrogens with one attached hydrogen (secondary N) is 2. The van der Waals surface area contributed by atoms with Crippen molar-refractivity contribution in [2.24, 2.45) is 0 Å². The van der Waals surface area contributed by atoms with Gasteiger partial charge in [0.1, 0.15) is 0 Å². The van der Waals surface area contributed by atoms with Crippen molar-refractivity contribution < 1.29 is 0 Å². The van der Waals surface area contributed by atoms with E-state index in [9.17, 15) is 0 Å². The minimum Gasteiger partial charge on any atom is -0.315 e. The van der Waals surface area contributed by atoms with E-state index in [1.54, 1.807) is 0 Å². The molecule has 8 heavy (non-hydrogen) atoms. The molecule has 2 nitrogen and oxygen atoms in total. The minimum atomic E-state index is 0. The third-order valence-electron chi connectivity index (χ3n) is 1.19. The molecule has 1 aliphatic rings. The quantitative estimate of drug-likeness (QED) is 0.490. The summed E-state index contributed by atoms with van der Waals surface area (Å²) in [6.07, 6.45) is 1.28. The first-order valence-corrected chi connectivity index (χ1v) is 2.91. The summed E-state index contributed by atoms with van der Waals surface area (Å²) < 4.78 is 0. The number of hydrogen-bond acceptors (Lipinski definition) is 2. The van der Waals surface area contributed by atoms with Crippen LogP contribution in [0.1, 0.15) is 6.42 Å². The average Bonchev–Trinajstić information content (AvgIpc) is 1.90. The first-order valence-electron chi connectivity index (χ1n) is 2.91. The van der Waals surface area contributed by atoms with Crippen molar-refractivity contribution in [3.63, 3.8) is 0 Å². The van der Waals surface area contributed by atoms with Crippen LogP contribution in [0, 0.1) is 0 Å². The van der Waals surface area contributed by atoms with E-state index < -0.39 is 0 Å². The van der Waals surface area contributed by atoms with E-state index in [-0.39, 0.29) is 12.4 Å². The molecule has 0 radical (unpaired) electrons. The van der Waals surface area contributed by atoms with Crippen LogP contribution >= 0.6 is 12.4 Å². The zero-order chi connectivity index (χ0) is 4.95. The molecule has 0 atom stereocenters. The highest BCUT2D eigenvalue weighted by atomic mass is 35.5. The molecule has 1 aliphatic heterocycles. The van der Waals surface area contributed by atoms with Crippen LogP contribution in [0.3, 0.4) is 0 Å². The Hall–Kier alpha value is 0.210. The summed E-state index contributed by atoms with van der Waals surface area (Å²) in [6.45, 7) is 4.65. The van der Waals surface area contributed by atoms with Gasteiger partial charge in [-0.1, -0.05) is 0 Å². The highest BCUT2D eigenvalue weighted by molar-refractivity contribution is 5.85. The Morgan fingerprint density at radius 1 is 0.750 bits per heavy atom. The Bertz CT molecular complexity index is 30.0. The van der Waals surface area contributed by atoms with Gasteiger partial charge >= 0.3 is 0 Å². The molecule has 3 heteroatoms.